The van der Waals surface area contributed by atoms with Crippen molar-refractivity contribution in [2.45, 2.75) is 24.3 Å². The highest BCUT2D eigenvalue weighted by atomic mass is 32.2. The maximum atomic E-state index is 13.2. The van der Waals surface area contributed by atoms with Gasteiger partial charge in [0.1, 0.15) is 5.75 Å². The molecule has 160 valence electrons. The summed E-state index contributed by atoms with van der Waals surface area (Å²) in [6, 6.07) is 2.37. The first-order chi connectivity index (χ1) is 14.1. The standard InChI is InChI=1S/C17H15F3N4O5S/c18-17(19,20)11-7-10(3-6-30(27,28)13-1-4-21-5-2-13)8-12(9-11)29-15-14(16(25)26)22-24-23-15/h7-9,13,21H,1-2,4-5H2,(H,25,26)(H,22,23,24). The van der Waals surface area contributed by atoms with Crippen LogP contribution in [0.5, 0.6) is 11.6 Å². The molecule has 0 bridgehead atoms. The third-order valence-electron chi connectivity index (χ3n) is 4.24. The van der Waals surface area contributed by atoms with Gasteiger partial charge in [0.2, 0.25) is 15.5 Å². The monoisotopic (exact) mass is 444 g/mol. The highest BCUT2D eigenvalue weighted by Gasteiger charge is 2.32. The van der Waals surface area contributed by atoms with Crippen molar-refractivity contribution in [2.75, 3.05) is 13.1 Å². The minimum Gasteiger partial charge on any atom is -0.476 e. The van der Waals surface area contributed by atoms with E-state index in [1.807, 2.05) is 0 Å². The van der Waals surface area contributed by atoms with E-state index in [9.17, 15) is 26.4 Å². The van der Waals surface area contributed by atoms with E-state index in [4.69, 9.17) is 9.84 Å². The molecule has 0 saturated carbocycles. The van der Waals surface area contributed by atoms with Crippen LogP contribution in [0.25, 0.3) is 0 Å². The van der Waals surface area contributed by atoms with Crippen LogP contribution in [0.4, 0.5) is 13.2 Å². The van der Waals surface area contributed by atoms with Crippen LogP contribution in [0.1, 0.15) is 34.5 Å². The number of aromatic carboxylic acids is 1. The number of hydrogen-bond donors (Lipinski definition) is 3. The molecule has 1 aromatic heterocycles. The molecule has 1 fully saturated rings. The summed E-state index contributed by atoms with van der Waals surface area (Å²) in [5.41, 5.74) is -2.04. The lowest BCUT2D eigenvalue weighted by Crippen LogP contribution is -2.35. The number of piperidine rings is 1. The fourth-order valence-electron chi connectivity index (χ4n) is 2.76. The van der Waals surface area contributed by atoms with Crippen molar-refractivity contribution in [1.29, 1.82) is 0 Å². The molecule has 13 heteroatoms. The van der Waals surface area contributed by atoms with Crippen LogP contribution in [-0.4, -0.2) is 53.2 Å². The van der Waals surface area contributed by atoms with Gasteiger partial charge in [0, 0.05) is 10.8 Å². The van der Waals surface area contributed by atoms with Crippen molar-refractivity contribution < 1.29 is 36.2 Å². The number of benzene rings is 1. The molecule has 1 saturated heterocycles. The van der Waals surface area contributed by atoms with Gasteiger partial charge in [0.15, 0.2) is 0 Å². The van der Waals surface area contributed by atoms with Gasteiger partial charge < -0.3 is 15.2 Å². The van der Waals surface area contributed by atoms with E-state index >= 15 is 0 Å². The van der Waals surface area contributed by atoms with Gasteiger partial charge in [-0.15, -0.1) is 5.10 Å². The number of carboxylic acids is 1. The lowest BCUT2D eigenvalue weighted by molar-refractivity contribution is -0.137. The van der Waals surface area contributed by atoms with Gasteiger partial charge in [-0.3, -0.25) is 0 Å². The molecule has 3 N–H and O–H groups in total. The Kier molecular flexibility index (Phi) is 5.99. The van der Waals surface area contributed by atoms with Crippen LogP contribution in [0, 0.1) is 11.2 Å². The first-order valence-electron chi connectivity index (χ1n) is 8.58. The summed E-state index contributed by atoms with van der Waals surface area (Å²) >= 11 is 0. The Morgan fingerprint density at radius 1 is 1.23 bits per heavy atom. The van der Waals surface area contributed by atoms with Crippen LogP contribution >= 0.6 is 0 Å². The first-order valence-corrected chi connectivity index (χ1v) is 10.1. The van der Waals surface area contributed by atoms with Gasteiger partial charge in [-0.2, -0.15) is 13.2 Å². The van der Waals surface area contributed by atoms with Gasteiger partial charge in [-0.1, -0.05) is 5.21 Å². The molecule has 2 heterocycles. The average molecular weight is 444 g/mol. The molecule has 0 atom stereocenters. The Morgan fingerprint density at radius 3 is 2.57 bits per heavy atom. The Morgan fingerprint density at radius 2 is 1.93 bits per heavy atom. The predicted molar refractivity (Wildman–Crippen MR) is 96.5 cm³/mol. The van der Waals surface area contributed by atoms with Crippen LogP contribution in [0.3, 0.4) is 0 Å². The summed E-state index contributed by atoms with van der Waals surface area (Å²) < 4.78 is 69.6. The van der Waals surface area contributed by atoms with Crippen molar-refractivity contribution in [3.05, 3.63) is 35.0 Å². The molecule has 0 aliphatic carbocycles. The molecule has 0 radical (unpaired) electrons. The Labute approximate surface area is 168 Å². The molecule has 1 aromatic carbocycles. The van der Waals surface area contributed by atoms with E-state index in [0.717, 1.165) is 6.07 Å². The predicted octanol–water partition coefficient (Wildman–Crippen LogP) is 1.79. The zero-order chi connectivity index (χ0) is 21.9. The lowest BCUT2D eigenvalue weighted by Gasteiger charge is -2.19. The number of nitrogens with one attached hydrogen (secondary N) is 2. The molecule has 9 nitrogen and oxygen atoms in total. The van der Waals surface area contributed by atoms with E-state index in [0.29, 0.717) is 38.1 Å². The molecule has 1 aliphatic rings. The fraction of sp³-hybridized carbons (Fsp3) is 0.353. The van der Waals surface area contributed by atoms with Crippen LogP contribution in [0.15, 0.2) is 18.2 Å². The summed E-state index contributed by atoms with van der Waals surface area (Å²) in [4.78, 5) is 11.1. The SMILES string of the molecule is O=C(O)c1nn[nH]c1Oc1cc(C#CS(=O)(=O)C2CCNCC2)cc(C(F)(F)F)c1. The van der Waals surface area contributed by atoms with E-state index in [1.165, 1.54) is 0 Å². The second-order valence-corrected chi connectivity index (χ2v) is 8.32. The number of aromatic amines is 1. The number of alkyl halides is 3. The number of sulfone groups is 1. The van der Waals surface area contributed by atoms with Crippen LogP contribution in [-0.2, 0) is 16.0 Å². The average Bonchev–Trinajstić information content (AvgIpc) is 3.15. The molecule has 30 heavy (non-hydrogen) atoms. The largest absolute Gasteiger partial charge is 0.476 e. The normalized spacial score (nSPS) is 15.3. The van der Waals surface area contributed by atoms with Crippen LogP contribution in [0.2, 0.25) is 0 Å². The van der Waals surface area contributed by atoms with Crippen molar-refractivity contribution in [3.63, 3.8) is 0 Å². The molecular formula is C17H15F3N4O5S. The second kappa shape index (κ2) is 8.33. The van der Waals surface area contributed by atoms with E-state index in [1.54, 1.807) is 0 Å². The fourth-order valence-corrected chi connectivity index (χ4v) is 4.04. The molecule has 0 amide bonds. The molecule has 3 rings (SSSR count). The van der Waals surface area contributed by atoms with Crippen molar-refractivity contribution in [1.82, 2.24) is 20.7 Å². The van der Waals surface area contributed by atoms with Gasteiger partial charge in [0.05, 0.1) is 10.8 Å². The summed E-state index contributed by atoms with van der Waals surface area (Å²) in [7, 11) is -3.84. The number of ether oxygens (including phenoxy) is 1. The number of halogens is 3. The van der Waals surface area contributed by atoms with Gasteiger partial charge in [0.25, 0.3) is 5.88 Å². The topological polar surface area (TPSA) is 134 Å². The van der Waals surface area contributed by atoms with Crippen molar-refractivity contribution in [3.8, 4) is 22.8 Å². The Bertz CT molecular complexity index is 1110. The Balaban J connectivity index is 1.96. The summed E-state index contributed by atoms with van der Waals surface area (Å²) in [6.07, 6.45) is -4.05. The highest BCUT2D eigenvalue weighted by molar-refractivity contribution is 7.96. The molecule has 1 aliphatic heterocycles. The van der Waals surface area contributed by atoms with Gasteiger partial charge in [-0.05, 0) is 50.1 Å². The number of rotatable bonds is 4. The quantitative estimate of drug-likeness (QED) is 0.608. The molecule has 2 aromatic rings. The summed E-state index contributed by atoms with van der Waals surface area (Å²) in [5, 5.41) is 22.0. The maximum Gasteiger partial charge on any atom is 0.416 e. The third kappa shape index (κ3) is 5.08. The highest BCUT2D eigenvalue weighted by Crippen LogP contribution is 2.34. The third-order valence-corrected chi connectivity index (χ3v) is 5.97. The number of carbonyl (C=O) groups is 1. The summed E-state index contributed by atoms with van der Waals surface area (Å²) in [6.45, 7) is 1.02. The first kappa shape index (κ1) is 21.6. The number of aromatic nitrogens is 3. The molecule has 0 spiro atoms. The molecular weight excluding hydrogens is 429 g/mol. The van der Waals surface area contributed by atoms with Gasteiger partial charge in [-0.25, -0.2) is 18.3 Å². The van der Waals surface area contributed by atoms with E-state index < -0.39 is 50.1 Å². The minimum absolute atomic E-state index is 0.262. The van der Waals surface area contributed by atoms with Crippen LogP contribution < -0.4 is 10.1 Å². The second-order valence-electron chi connectivity index (χ2n) is 6.36. The lowest BCUT2D eigenvalue weighted by atomic mass is 10.1. The van der Waals surface area contributed by atoms with E-state index in [-0.39, 0.29) is 5.56 Å². The minimum atomic E-state index is -4.77. The maximum absolute atomic E-state index is 13.2. The zero-order valence-corrected chi connectivity index (χ0v) is 16.0. The Hall–Kier alpha value is -3.11. The number of H-pyrrole nitrogens is 1. The number of nitrogens with zero attached hydrogens (tertiary/aromatic N) is 2. The summed E-state index contributed by atoms with van der Waals surface area (Å²) in [5.74, 6) is -0.143. The zero-order valence-electron chi connectivity index (χ0n) is 15.2. The van der Waals surface area contributed by atoms with Crippen molar-refractivity contribution in [2.24, 2.45) is 0 Å². The number of carboxylic acid groups (broad SMARTS) is 1. The van der Waals surface area contributed by atoms with Gasteiger partial charge >= 0.3 is 12.1 Å². The van der Waals surface area contributed by atoms with E-state index in [2.05, 4.69) is 31.9 Å². The molecule has 0 unspecified atom stereocenters. The van der Waals surface area contributed by atoms with Crippen molar-refractivity contribution >= 4 is 15.8 Å². The smallest absolute Gasteiger partial charge is 0.416 e. The number of hydrogen-bond acceptors (Lipinski definition) is 7.